The van der Waals surface area contributed by atoms with Crippen molar-refractivity contribution in [2.24, 2.45) is 11.5 Å². The highest BCUT2D eigenvalue weighted by Gasteiger charge is 2.56. The third kappa shape index (κ3) is 60.2. The van der Waals surface area contributed by atoms with Crippen LogP contribution in [0.1, 0.15) is 285 Å². The third-order valence-electron chi connectivity index (χ3n) is 24.4. The molecule has 46 heteroatoms. The van der Waals surface area contributed by atoms with Crippen LogP contribution in [0.25, 0.3) is 0 Å². The van der Waals surface area contributed by atoms with Crippen LogP contribution < -0.4 is 75.3 Å². The summed E-state index contributed by atoms with van der Waals surface area (Å²) < 4.78 is 66.7. The van der Waals surface area contributed by atoms with E-state index in [0.717, 1.165) is 156 Å². The van der Waals surface area contributed by atoms with Gasteiger partial charge in [-0.15, -0.1) is 0 Å². The van der Waals surface area contributed by atoms with Gasteiger partial charge in [0.15, 0.2) is 12.6 Å². The van der Waals surface area contributed by atoms with Gasteiger partial charge >= 0.3 is 21.6 Å². The van der Waals surface area contributed by atoms with Gasteiger partial charge in [0, 0.05) is 26.8 Å². The number of unbranched alkanes of at least 4 members (excludes halogenated alkanes) is 1. The summed E-state index contributed by atoms with van der Waals surface area (Å²) in [5.74, 6) is -13.1. The molecule has 2 unspecified atom stereocenters. The Morgan fingerprint density at radius 2 is 0.753 bits per heavy atom. The fourth-order valence-corrected chi connectivity index (χ4v) is 17.4. The first-order valence-electron chi connectivity index (χ1n) is 51.3. The van der Waals surface area contributed by atoms with Gasteiger partial charge in [-0.3, -0.25) is 76.2 Å². The molecule has 23 N–H and O–H groups in total. The van der Waals surface area contributed by atoms with Gasteiger partial charge < -0.3 is 130 Å². The maximum Gasteiger partial charge on any atom is 0.483 e. The molecule has 44 nitrogen and oxygen atoms in total. The number of ether oxygens (including phenoxy) is 4. The lowest BCUT2D eigenvalue weighted by Crippen LogP contribution is -2.70. The summed E-state index contributed by atoms with van der Waals surface area (Å²) in [6, 6.07) is -11.3. The van der Waals surface area contributed by atoms with Crippen LogP contribution in [-0.4, -0.2) is 275 Å². The zero-order chi connectivity index (χ0) is 113. The number of amides is 13. The highest BCUT2D eigenvalue weighted by atomic mass is 31.3. The third-order valence-corrected chi connectivity index (χ3v) is 27.0. The standard InChI is InChI=1S/C104H172N14O30P2/c1-64(2)31-21-32-65(3)33-22-34-66(4)35-23-36-67(5)37-24-38-68(6)39-25-40-69(7)41-26-42-70(8)43-27-44-71(9)45-28-46-72(10)47-29-48-73(11)49-30-50-74(12)54-56-142-149(138,139)148-150(140,141)147-104-92(116-80(18)122)96(95(84(63-120)145-104)146-103-91(115-79(17)121)94(130)93(129)83(62-119)144-103)143-78(16)100(134)112-76(14)99(133)118-81(97(106)131)52-53-85(123)117-82(101(135)113-75(13)98(132)114-77(15)102(136)137)51-19-20-55-107-87(125)58-109-89(127)60-111-90(128)61-110-88(126)59-108-86(124)57-105/h31,33,35,37,39,41,43,45,47,49,54,75-78,81-84,91-96,103-104,119-120,129-130H,19-30,32,34,36,38,40,42,44,46,48,50-53,55-63,105H2,1-18H3,(H2,106,131)(H,107,125)(H,108,124)(H,109,127)(H,110,126)(H,111,128)(H,112,134)(H,113,135)(H,114,132)(H,115,121)(H,116,122)(H,117,123)(H,118,133)(H,136,137)(H,138,139)(H,140,141)/b65-33+,66-35+,67-37-,68-39-,69-41-,70-43-,71-45-,72-47-,73-49-,74-54-/t75-,76+,77-,78-,81-,82+,83-,84-,91-,92-,93-,94-,95-,96-,103+,104-/m1/s1. The molecule has 0 radical (unpaired) electrons. The van der Waals surface area contributed by atoms with Gasteiger partial charge in [-0.2, -0.15) is 4.31 Å². The number of phosphoric ester groups is 2. The van der Waals surface area contributed by atoms with Crippen LogP contribution in [-0.2, 0) is 109 Å². The topological polar surface area (TPSA) is 676 Å². The van der Waals surface area contributed by atoms with Crippen molar-refractivity contribution in [1.29, 1.82) is 0 Å². The van der Waals surface area contributed by atoms with Gasteiger partial charge in [-0.25, -0.2) is 9.13 Å². The quantitative estimate of drug-likeness (QED) is 0.0161. The predicted octanol–water partition coefficient (Wildman–Crippen LogP) is 7.34. The summed E-state index contributed by atoms with van der Waals surface area (Å²) in [6.07, 6.45) is 25.7. The molecule has 2 fully saturated rings. The Hall–Kier alpha value is -10.4. The molecule has 0 aromatic heterocycles. The number of aliphatic carboxylic acids is 1. The lowest BCUT2D eigenvalue weighted by Gasteiger charge is -2.49. The summed E-state index contributed by atoms with van der Waals surface area (Å²) in [4.78, 5) is 201. The van der Waals surface area contributed by atoms with Gasteiger partial charge in [-0.1, -0.05) is 128 Å². The molecule has 848 valence electrons. The number of aliphatic hydroxyl groups excluding tert-OH is 4. The van der Waals surface area contributed by atoms with Gasteiger partial charge in [0.1, 0.15) is 85.0 Å². The number of hydrogen-bond acceptors (Lipinski definition) is 28. The van der Waals surface area contributed by atoms with Crippen LogP contribution in [0.4, 0.5) is 0 Å². The van der Waals surface area contributed by atoms with Crippen molar-refractivity contribution in [3.8, 4) is 0 Å². The molecule has 0 bridgehead atoms. The average molecular weight is 2160 g/mol. The van der Waals surface area contributed by atoms with E-state index in [-0.39, 0.29) is 32.4 Å². The molecule has 0 aliphatic carbocycles. The first kappa shape index (κ1) is 136. The van der Waals surface area contributed by atoms with Crippen molar-refractivity contribution in [2.45, 2.75) is 383 Å². The number of hydrogen-bond donors (Lipinski definition) is 21. The highest BCUT2D eigenvalue weighted by Crippen LogP contribution is 2.61. The summed E-state index contributed by atoms with van der Waals surface area (Å²) in [5.41, 5.74) is 25.5. The van der Waals surface area contributed by atoms with E-state index in [1.54, 1.807) is 6.92 Å². The largest absolute Gasteiger partial charge is 0.483 e. The van der Waals surface area contributed by atoms with Gasteiger partial charge in [0.05, 0.1) is 52.5 Å². The first-order chi connectivity index (χ1) is 70.6. The van der Waals surface area contributed by atoms with E-state index in [0.29, 0.717) is 18.4 Å². The van der Waals surface area contributed by atoms with E-state index in [2.05, 4.69) is 198 Å². The zero-order valence-electron chi connectivity index (χ0n) is 90.7. The number of nitrogens with two attached hydrogens (primary N) is 2. The predicted molar refractivity (Wildman–Crippen MR) is 566 cm³/mol. The Kier molecular flexibility index (Phi) is 66.7. The molecule has 2 rings (SSSR count). The lowest BCUT2D eigenvalue weighted by atomic mass is 9.94. The Balaban J connectivity index is 2.14. The average Bonchev–Trinajstić information content (AvgIpc) is 0.763. The number of nitrogens with one attached hydrogen (secondary N) is 12. The second-order valence-electron chi connectivity index (χ2n) is 38.6. The normalized spacial score (nSPS) is 20.8. The molecule has 18 atom stereocenters. The summed E-state index contributed by atoms with van der Waals surface area (Å²) in [7, 11) is -11.6. The molecule has 13 amide bonds. The number of carboxylic acid groups (broad SMARTS) is 1. The second kappa shape index (κ2) is 73.8. The first-order valence-corrected chi connectivity index (χ1v) is 54.3. The summed E-state index contributed by atoms with van der Waals surface area (Å²) in [5, 5.41) is 80.5. The van der Waals surface area contributed by atoms with Crippen molar-refractivity contribution in [3.05, 3.63) is 128 Å². The van der Waals surface area contributed by atoms with Gasteiger partial charge in [0.2, 0.25) is 76.8 Å². The molecule has 2 aliphatic heterocycles. The molecule has 150 heavy (non-hydrogen) atoms. The highest BCUT2D eigenvalue weighted by molar-refractivity contribution is 7.61. The fourth-order valence-electron chi connectivity index (χ4n) is 15.3. The SMILES string of the molecule is CC(=O)N[C@H]1[C@H](O[C@H]2[C@H](O[C@H](C)C(=O)N[C@@H](C)C(=O)N[C@H](CCC(=O)N[C@@H](CCCCNC(=O)CNC(=O)CNC(=O)CNC(=O)CNC(=O)CN)C(=O)N[C@H](C)C(=O)N[C@H](C)C(=O)O)C(N)=O)[C@@H](NC(C)=O)[C@@H](OP(=O)(O)OP(=O)(O)OC/C=C(/C)CC/C=C(/C)CC/C=C(/C)CC/C=C(/C)CC/C=C(/C)CC/C=C(/C)CC/C=C(/C)CC/C=C(/C)CC/C=C(\C)CC/C=C(\C)CCC=C(C)C)O[C@@H]2CO)O[C@H](CO)[C@@H](O)[C@@H]1O. The van der Waals surface area contributed by atoms with Crippen LogP contribution in [0.3, 0.4) is 0 Å². The maximum absolute atomic E-state index is 14.3. The number of primary amides is 1. The van der Waals surface area contributed by atoms with Gasteiger partial charge in [-0.05, 0) is 265 Å². The second-order valence-corrected chi connectivity index (χ2v) is 41.6. The molecule has 0 aromatic carbocycles. The number of carbonyl (C=O) groups is 14. The van der Waals surface area contributed by atoms with E-state index in [1.807, 2.05) is 6.92 Å². The van der Waals surface area contributed by atoms with Crippen LogP contribution in [0.5, 0.6) is 0 Å². The Morgan fingerprint density at radius 3 is 1.14 bits per heavy atom. The molecule has 0 aromatic rings. The van der Waals surface area contributed by atoms with Crippen LogP contribution >= 0.6 is 15.6 Å². The molecule has 0 saturated carbocycles. The molecule has 0 spiro atoms. The van der Waals surface area contributed by atoms with E-state index >= 15 is 0 Å². The zero-order valence-corrected chi connectivity index (χ0v) is 92.5. The minimum atomic E-state index is -5.99. The minimum Gasteiger partial charge on any atom is -0.480 e. The summed E-state index contributed by atoms with van der Waals surface area (Å²) >= 11 is 0. The van der Waals surface area contributed by atoms with Crippen LogP contribution in [0.15, 0.2) is 128 Å². The van der Waals surface area contributed by atoms with Crippen LogP contribution in [0, 0.1) is 0 Å². The lowest BCUT2D eigenvalue weighted by molar-refractivity contribution is -0.331. The number of phosphoric acid groups is 2. The minimum absolute atomic E-state index is 0.0539. The summed E-state index contributed by atoms with van der Waals surface area (Å²) in [6.45, 7) is 27.1. The van der Waals surface area contributed by atoms with E-state index < -0.39 is 255 Å². The van der Waals surface area contributed by atoms with Gasteiger partial charge in [0.25, 0.3) is 0 Å². The fraction of sp³-hybridized carbons (Fsp3) is 0.654. The Bertz CT molecular complexity index is 4850. The molecular weight excluding hydrogens is 1990 g/mol. The number of carbonyl (C=O) groups excluding carboxylic acids is 13. The van der Waals surface area contributed by atoms with E-state index in [9.17, 15) is 112 Å². The van der Waals surface area contributed by atoms with Crippen molar-refractivity contribution in [1.82, 2.24) is 63.8 Å². The number of aliphatic hydroxyl groups is 4. The van der Waals surface area contributed by atoms with Crippen molar-refractivity contribution in [3.63, 3.8) is 0 Å². The van der Waals surface area contributed by atoms with Crippen LogP contribution in [0.2, 0.25) is 0 Å². The van der Waals surface area contributed by atoms with Crippen molar-refractivity contribution < 1.29 is 144 Å². The molecular formula is C104H172N14O30P2. The monoisotopic (exact) mass is 2160 g/mol. The molecule has 2 aliphatic rings. The molecule has 2 heterocycles. The number of rotatable bonds is 73. The van der Waals surface area contributed by atoms with Crippen molar-refractivity contribution in [2.75, 3.05) is 59.1 Å². The Morgan fingerprint density at radius 1 is 0.387 bits per heavy atom. The van der Waals surface area contributed by atoms with E-state index in [4.69, 9.17) is 39.5 Å². The van der Waals surface area contributed by atoms with Crippen molar-refractivity contribution >= 4 is 98.4 Å². The number of carboxylic acids is 1. The number of allylic oxidation sites excluding steroid dienone is 21. The maximum atomic E-state index is 14.3. The Labute approximate surface area is 883 Å². The van der Waals surface area contributed by atoms with E-state index in [1.165, 1.54) is 63.2 Å². The molecule has 2 saturated heterocycles. The smallest absolute Gasteiger partial charge is 0.480 e.